The first-order valence-electron chi connectivity index (χ1n) is 7.25. The lowest BCUT2D eigenvalue weighted by Crippen LogP contribution is -2.22. The monoisotopic (exact) mass is 243 g/mol. The van der Waals surface area contributed by atoms with E-state index in [2.05, 4.69) is 17.4 Å². The number of aryl methyl sites for hydroxylation is 1. The zero-order chi connectivity index (χ0) is 12.4. The third-order valence-electron chi connectivity index (χ3n) is 4.36. The molecule has 2 heteroatoms. The average Bonchev–Trinajstić information content (AvgIpc) is 2.61. The minimum Gasteiger partial charge on any atom is -0.352 e. The van der Waals surface area contributed by atoms with Crippen molar-refractivity contribution in [2.45, 2.75) is 50.9 Å². The molecule has 18 heavy (non-hydrogen) atoms. The van der Waals surface area contributed by atoms with E-state index in [9.17, 15) is 4.79 Å². The van der Waals surface area contributed by atoms with Crippen LogP contribution in [0.2, 0.25) is 0 Å². The van der Waals surface area contributed by atoms with Crippen molar-refractivity contribution in [2.75, 3.05) is 6.54 Å². The fraction of sp³-hybridized carbons (Fsp3) is 0.562. The minimum atomic E-state index is 0.109. The molecule has 0 bridgehead atoms. The van der Waals surface area contributed by atoms with Crippen LogP contribution in [0, 0.1) is 0 Å². The first-order valence-corrected chi connectivity index (χ1v) is 7.25. The molecule has 1 fully saturated rings. The summed E-state index contributed by atoms with van der Waals surface area (Å²) < 4.78 is 0. The number of nitrogens with one attached hydrogen (secondary N) is 1. The van der Waals surface area contributed by atoms with Crippen molar-refractivity contribution >= 4 is 5.91 Å². The minimum absolute atomic E-state index is 0.109. The molecule has 1 amide bonds. The van der Waals surface area contributed by atoms with Gasteiger partial charge in [-0.3, -0.25) is 4.79 Å². The number of amides is 1. The van der Waals surface area contributed by atoms with Crippen molar-refractivity contribution in [2.24, 2.45) is 0 Å². The molecule has 0 unspecified atom stereocenters. The second kappa shape index (κ2) is 5.13. The van der Waals surface area contributed by atoms with Crippen LogP contribution in [0.1, 0.15) is 65.9 Å². The zero-order valence-corrected chi connectivity index (χ0v) is 10.9. The van der Waals surface area contributed by atoms with Crippen molar-refractivity contribution in [1.82, 2.24) is 5.32 Å². The molecule has 1 aromatic carbocycles. The Morgan fingerprint density at radius 3 is 2.72 bits per heavy atom. The highest BCUT2D eigenvalue weighted by Gasteiger charge is 2.19. The third kappa shape index (κ3) is 2.29. The summed E-state index contributed by atoms with van der Waals surface area (Å²) >= 11 is 0. The average molecular weight is 243 g/mol. The predicted molar refractivity (Wildman–Crippen MR) is 72.9 cm³/mol. The lowest BCUT2D eigenvalue weighted by Gasteiger charge is -2.22. The molecule has 1 aliphatic heterocycles. The molecule has 0 aromatic heterocycles. The molecule has 0 saturated heterocycles. The molecular formula is C16H21NO. The van der Waals surface area contributed by atoms with Gasteiger partial charge in [-0.2, -0.15) is 0 Å². The first kappa shape index (κ1) is 11.8. The number of carbonyl (C=O) groups excluding carboxylic acids is 1. The number of hydrogen-bond donors (Lipinski definition) is 1. The third-order valence-corrected chi connectivity index (χ3v) is 4.36. The van der Waals surface area contributed by atoms with Gasteiger partial charge < -0.3 is 5.32 Å². The van der Waals surface area contributed by atoms with Crippen molar-refractivity contribution in [3.8, 4) is 0 Å². The van der Waals surface area contributed by atoms with Gasteiger partial charge in [0.15, 0.2) is 0 Å². The number of fused-ring (bicyclic) bond motifs is 1. The summed E-state index contributed by atoms with van der Waals surface area (Å²) in [7, 11) is 0. The summed E-state index contributed by atoms with van der Waals surface area (Å²) in [5.74, 6) is 0.841. The highest BCUT2D eigenvalue weighted by Crippen LogP contribution is 2.33. The Hall–Kier alpha value is -1.31. The van der Waals surface area contributed by atoms with Gasteiger partial charge in [0.25, 0.3) is 5.91 Å². The van der Waals surface area contributed by atoms with Crippen LogP contribution < -0.4 is 5.32 Å². The van der Waals surface area contributed by atoms with Crippen LogP contribution in [0.15, 0.2) is 18.2 Å². The van der Waals surface area contributed by atoms with E-state index >= 15 is 0 Å². The second-order valence-electron chi connectivity index (χ2n) is 5.61. The SMILES string of the molecule is O=C1NCCCc2cc(C3CCCCC3)ccc21. The molecule has 0 radical (unpaired) electrons. The normalized spacial score (nSPS) is 21.0. The molecule has 0 spiro atoms. The molecule has 1 N–H and O–H groups in total. The number of benzene rings is 1. The molecule has 1 aromatic rings. The van der Waals surface area contributed by atoms with E-state index in [0.717, 1.165) is 30.9 Å². The van der Waals surface area contributed by atoms with Gasteiger partial charge in [-0.05, 0) is 48.8 Å². The van der Waals surface area contributed by atoms with Crippen LogP contribution in [0.5, 0.6) is 0 Å². The van der Waals surface area contributed by atoms with Crippen molar-refractivity contribution in [1.29, 1.82) is 0 Å². The summed E-state index contributed by atoms with van der Waals surface area (Å²) in [6.45, 7) is 0.812. The van der Waals surface area contributed by atoms with E-state index in [1.54, 1.807) is 0 Å². The topological polar surface area (TPSA) is 29.1 Å². The quantitative estimate of drug-likeness (QED) is 0.804. The van der Waals surface area contributed by atoms with Crippen LogP contribution in [0.4, 0.5) is 0 Å². The summed E-state index contributed by atoms with van der Waals surface area (Å²) in [6, 6.07) is 6.52. The summed E-state index contributed by atoms with van der Waals surface area (Å²) in [6.07, 6.45) is 8.87. The lowest BCUT2D eigenvalue weighted by molar-refractivity contribution is 0.0956. The number of hydrogen-bond acceptors (Lipinski definition) is 1. The van der Waals surface area contributed by atoms with Gasteiger partial charge in [0.1, 0.15) is 0 Å². The van der Waals surface area contributed by atoms with Gasteiger partial charge in [-0.1, -0.05) is 31.4 Å². The van der Waals surface area contributed by atoms with Gasteiger partial charge in [0.05, 0.1) is 0 Å². The summed E-state index contributed by atoms with van der Waals surface area (Å²) in [5, 5.41) is 2.96. The van der Waals surface area contributed by atoms with Crippen molar-refractivity contribution < 1.29 is 4.79 Å². The number of rotatable bonds is 1. The van der Waals surface area contributed by atoms with Crippen LogP contribution in [0.3, 0.4) is 0 Å². The van der Waals surface area contributed by atoms with Crippen molar-refractivity contribution in [3.63, 3.8) is 0 Å². The Morgan fingerprint density at radius 1 is 1.06 bits per heavy atom. The molecule has 1 saturated carbocycles. The van der Waals surface area contributed by atoms with Gasteiger partial charge in [-0.15, -0.1) is 0 Å². The molecule has 2 nitrogen and oxygen atoms in total. The van der Waals surface area contributed by atoms with Crippen molar-refractivity contribution in [3.05, 3.63) is 34.9 Å². The number of carbonyl (C=O) groups is 1. The molecule has 3 rings (SSSR count). The molecule has 2 aliphatic rings. The Balaban J connectivity index is 1.89. The summed E-state index contributed by atoms with van der Waals surface area (Å²) in [5.41, 5.74) is 3.61. The highest BCUT2D eigenvalue weighted by molar-refractivity contribution is 5.96. The maximum absolute atomic E-state index is 11.9. The molecule has 1 heterocycles. The van der Waals surface area contributed by atoms with E-state index < -0.39 is 0 Å². The maximum Gasteiger partial charge on any atom is 0.251 e. The fourth-order valence-electron chi connectivity index (χ4n) is 3.31. The Kier molecular flexibility index (Phi) is 3.35. The van der Waals surface area contributed by atoms with Gasteiger partial charge >= 0.3 is 0 Å². The molecule has 1 aliphatic carbocycles. The summed E-state index contributed by atoms with van der Waals surface area (Å²) in [4.78, 5) is 11.9. The second-order valence-corrected chi connectivity index (χ2v) is 5.61. The van der Waals surface area contributed by atoms with Gasteiger partial charge in [0, 0.05) is 12.1 Å². The Bertz CT molecular complexity index is 446. The van der Waals surface area contributed by atoms with Gasteiger partial charge in [0.2, 0.25) is 0 Å². The first-order chi connectivity index (χ1) is 8.84. The maximum atomic E-state index is 11.9. The smallest absolute Gasteiger partial charge is 0.251 e. The standard InChI is InChI=1S/C16H21NO/c18-16-15-9-8-13(12-5-2-1-3-6-12)11-14(15)7-4-10-17-16/h8-9,11-12H,1-7,10H2,(H,17,18). The lowest BCUT2D eigenvalue weighted by atomic mass is 9.83. The largest absolute Gasteiger partial charge is 0.352 e. The highest BCUT2D eigenvalue weighted by atomic mass is 16.1. The van der Waals surface area contributed by atoms with Crippen LogP contribution in [-0.4, -0.2) is 12.5 Å². The zero-order valence-electron chi connectivity index (χ0n) is 10.9. The van der Waals surface area contributed by atoms with E-state index in [-0.39, 0.29) is 5.91 Å². The molecule has 0 atom stereocenters. The molecule has 96 valence electrons. The fourth-order valence-corrected chi connectivity index (χ4v) is 3.31. The van der Waals surface area contributed by atoms with E-state index in [1.807, 2.05) is 6.07 Å². The predicted octanol–water partition coefficient (Wildman–Crippen LogP) is 3.41. The van der Waals surface area contributed by atoms with E-state index in [4.69, 9.17) is 0 Å². The van der Waals surface area contributed by atoms with Crippen LogP contribution >= 0.6 is 0 Å². The van der Waals surface area contributed by atoms with E-state index in [1.165, 1.54) is 43.2 Å². The molecular weight excluding hydrogens is 222 g/mol. The van der Waals surface area contributed by atoms with E-state index in [0.29, 0.717) is 0 Å². The Labute approximate surface area is 109 Å². The van der Waals surface area contributed by atoms with Gasteiger partial charge in [-0.25, -0.2) is 0 Å². The Morgan fingerprint density at radius 2 is 1.89 bits per heavy atom. The van der Waals surface area contributed by atoms with Crippen LogP contribution in [0.25, 0.3) is 0 Å². The van der Waals surface area contributed by atoms with Crippen LogP contribution in [-0.2, 0) is 6.42 Å².